The fourth-order valence-electron chi connectivity index (χ4n) is 1.34. The van der Waals surface area contributed by atoms with Gasteiger partial charge in [-0.3, -0.25) is 4.68 Å². The fourth-order valence-corrected chi connectivity index (χ4v) is 1.34. The average Bonchev–Trinajstić information content (AvgIpc) is 2.60. The second-order valence-electron chi connectivity index (χ2n) is 3.47. The summed E-state index contributed by atoms with van der Waals surface area (Å²) in [5.41, 5.74) is 1.22. The van der Waals surface area contributed by atoms with Crippen molar-refractivity contribution < 1.29 is 9.84 Å². The second-order valence-corrected chi connectivity index (χ2v) is 3.47. The van der Waals surface area contributed by atoms with Crippen molar-refractivity contribution >= 4 is 0 Å². The van der Waals surface area contributed by atoms with E-state index in [4.69, 9.17) is 9.84 Å². The molecule has 4 heteroatoms. The SMILES string of the molecule is CC(C)c1ccnn1CCOCCO. The van der Waals surface area contributed by atoms with Gasteiger partial charge in [0.15, 0.2) is 0 Å². The molecular formula is C10H18N2O2. The molecule has 0 saturated carbocycles. The highest BCUT2D eigenvalue weighted by Gasteiger charge is 2.05. The number of ether oxygens (including phenoxy) is 1. The predicted molar refractivity (Wildman–Crippen MR) is 54.2 cm³/mol. The van der Waals surface area contributed by atoms with Crippen molar-refractivity contribution in [3.05, 3.63) is 18.0 Å². The summed E-state index contributed by atoms with van der Waals surface area (Å²) in [6.45, 7) is 6.11. The van der Waals surface area contributed by atoms with Crippen molar-refractivity contribution in [1.82, 2.24) is 9.78 Å². The van der Waals surface area contributed by atoms with E-state index in [1.807, 2.05) is 10.7 Å². The van der Waals surface area contributed by atoms with Gasteiger partial charge in [-0.25, -0.2) is 0 Å². The Morgan fingerprint density at radius 1 is 1.50 bits per heavy atom. The number of rotatable bonds is 6. The van der Waals surface area contributed by atoms with Gasteiger partial charge in [0.25, 0.3) is 0 Å². The predicted octanol–water partition coefficient (Wildman–Crippen LogP) is 1.02. The van der Waals surface area contributed by atoms with Gasteiger partial charge in [-0.05, 0) is 12.0 Å². The largest absolute Gasteiger partial charge is 0.394 e. The molecule has 1 rings (SSSR count). The zero-order valence-corrected chi connectivity index (χ0v) is 8.81. The first-order chi connectivity index (χ1) is 6.75. The van der Waals surface area contributed by atoms with Gasteiger partial charge in [0.05, 0.1) is 26.4 Å². The van der Waals surface area contributed by atoms with Crippen LogP contribution in [-0.2, 0) is 11.3 Å². The summed E-state index contributed by atoms with van der Waals surface area (Å²) in [5, 5.41) is 12.7. The highest BCUT2D eigenvalue weighted by atomic mass is 16.5. The summed E-state index contributed by atoms with van der Waals surface area (Å²) >= 11 is 0. The molecule has 0 aliphatic rings. The molecule has 0 bridgehead atoms. The van der Waals surface area contributed by atoms with E-state index in [1.54, 1.807) is 6.20 Å². The summed E-state index contributed by atoms with van der Waals surface area (Å²) in [4.78, 5) is 0. The Labute approximate surface area is 84.5 Å². The van der Waals surface area contributed by atoms with E-state index in [0.29, 0.717) is 19.1 Å². The lowest BCUT2D eigenvalue weighted by Crippen LogP contribution is -2.12. The fraction of sp³-hybridized carbons (Fsp3) is 0.700. The Kier molecular flexibility index (Phi) is 4.62. The maximum Gasteiger partial charge on any atom is 0.0698 e. The summed E-state index contributed by atoms with van der Waals surface area (Å²) in [5.74, 6) is 0.482. The van der Waals surface area contributed by atoms with Gasteiger partial charge in [-0.15, -0.1) is 0 Å². The van der Waals surface area contributed by atoms with Gasteiger partial charge in [0.1, 0.15) is 0 Å². The average molecular weight is 198 g/mol. The van der Waals surface area contributed by atoms with Crippen LogP contribution in [0.3, 0.4) is 0 Å². The van der Waals surface area contributed by atoms with Crippen LogP contribution in [0.4, 0.5) is 0 Å². The molecule has 4 nitrogen and oxygen atoms in total. The van der Waals surface area contributed by atoms with Crippen molar-refractivity contribution in [1.29, 1.82) is 0 Å². The summed E-state index contributed by atoms with van der Waals surface area (Å²) in [7, 11) is 0. The van der Waals surface area contributed by atoms with Crippen molar-refractivity contribution in [3.8, 4) is 0 Å². The van der Waals surface area contributed by atoms with E-state index in [0.717, 1.165) is 6.54 Å². The van der Waals surface area contributed by atoms with Gasteiger partial charge in [0.2, 0.25) is 0 Å². The van der Waals surface area contributed by atoms with Gasteiger partial charge in [-0.1, -0.05) is 13.8 Å². The summed E-state index contributed by atoms with van der Waals surface area (Å²) in [6, 6.07) is 2.02. The van der Waals surface area contributed by atoms with Gasteiger partial charge >= 0.3 is 0 Å². The van der Waals surface area contributed by atoms with Gasteiger partial charge in [-0.2, -0.15) is 5.10 Å². The molecular weight excluding hydrogens is 180 g/mol. The van der Waals surface area contributed by atoms with E-state index in [-0.39, 0.29) is 6.61 Å². The number of aromatic nitrogens is 2. The van der Waals surface area contributed by atoms with Crippen molar-refractivity contribution in [2.75, 3.05) is 19.8 Å². The first-order valence-corrected chi connectivity index (χ1v) is 4.96. The molecule has 1 aromatic heterocycles. The normalized spacial score (nSPS) is 11.1. The molecule has 0 radical (unpaired) electrons. The van der Waals surface area contributed by atoms with Crippen LogP contribution in [0.15, 0.2) is 12.3 Å². The highest BCUT2D eigenvalue weighted by Crippen LogP contribution is 2.12. The van der Waals surface area contributed by atoms with E-state index < -0.39 is 0 Å². The number of aliphatic hydroxyl groups excluding tert-OH is 1. The lowest BCUT2D eigenvalue weighted by Gasteiger charge is -2.09. The minimum atomic E-state index is 0.0795. The topological polar surface area (TPSA) is 47.3 Å². The molecule has 14 heavy (non-hydrogen) atoms. The molecule has 0 aromatic carbocycles. The maximum atomic E-state index is 8.52. The lowest BCUT2D eigenvalue weighted by molar-refractivity contribution is 0.0848. The van der Waals surface area contributed by atoms with Gasteiger partial charge in [0, 0.05) is 11.9 Å². The van der Waals surface area contributed by atoms with Gasteiger partial charge < -0.3 is 9.84 Å². The van der Waals surface area contributed by atoms with E-state index in [2.05, 4.69) is 18.9 Å². The molecule has 0 unspecified atom stereocenters. The zero-order chi connectivity index (χ0) is 10.4. The molecule has 0 atom stereocenters. The molecule has 1 heterocycles. The monoisotopic (exact) mass is 198 g/mol. The molecule has 1 N–H and O–H groups in total. The molecule has 0 aliphatic carbocycles. The molecule has 80 valence electrons. The Morgan fingerprint density at radius 3 is 2.93 bits per heavy atom. The highest BCUT2D eigenvalue weighted by molar-refractivity contribution is 5.05. The minimum Gasteiger partial charge on any atom is -0.394 e. The molecule has 1 aromatic rings. The van der Waals surface area contributed by atoms with E-state index >= 15 is 0 Å². The zero-order valence-electron chi connectivity index (χ0n) is 8.81. The number of nitrogens with zero attached hydrogens (tertiary/aromatic N) is 2. The Bertz CT molecular complexity index is 258. The molecule has 0 fully saturated rings. The Morgan fingerprint density at radius 2 is 2.29 bits per heavy atom. The van der Waals surface area contributed by atoms with Crippen LogP contribution in [0, 0.1) is 0 Å². The van der Waals surface area contributed by atoms with Crippen molar-refractivity contribution in [2.24, 2.45) is 0 Å². The third kappa shape index (κ3) is 3.12. The Balaban J connectivity index is 2.38. The molecule has 0 saturated heterocycles. The summed E-state index contributed by atoms with van der Waals surface area (Å²) < 4.78 is 7.13. The van der Waals surface area contributed by atoms with Crippen LogP contribution in [0.25, 0.3) is 0 Å². The van der Waals surface area contributed by atoms with E-state index in [9.17, 15) is 0 Å². The summed E-state index contributed by atoms with van der Waals surface area (Å²) in [6.07, 6.45) is 1.81. The van der Waals surface area contributed by atoms with Crippen LogP contribution in [0.5, 0.6) is 0 Å². The molecule has 0 aliphatic heterocycles. The number of hydrogen-bond acceptors (Lipinski definition) is 3. The van der Waals surface area contributed by atoms with Crippen LogP contribution < -0.4 is 0 Å². The number of aliphatic hydroxyl groups is 1. The van der Waals surface area contributed by atoms with Crippen LogP contribution in [-0.4, -0.2) is 34.7 Å². The standard InChI is InChI=1S/C10H18N2O2/c1-9(2)10-3-4-11-12(10)5-7-14-8-6-13/h3-4,9,13H,5-8H2,1-2H3. The van der Waals surface area contributed by atoms with E-state index in [1.165, 1.54) is 5.69 Å². The van der Waals surface area contributed by atoms with Crippen LogP contribution in [0.2, 0.25) is 0 Å². The number of hydrogen-bond donors (Lipinski definition) is 1. The first-order valence-electron chi connectivity index (χ1n) is 4.96. The first kappa shape index (κ1) is 11.2. The van der Waals surface area contributed by atoms with Crippen molar-refractivity contribution in [3.63, 3.8) is 0 Å². The second kappa shape index (κ2) is 5.78. The van der Waals surface area contributed by atoms with Crippen LogP contribution in [0.1, 0.15) is 25.5 Å². The lowest BCUT2D eigenvalue weighted by atomic mass is 10.1. The Hall–Kier alpha value is -0.870. The van der Waals surface area contributed by atoms with Crippen molar-refractivity contribution in [2.45, 2.75) is 26.3 Å². The maximum absolute atomic E-state index is 8.52. The third-order valence-electron chi connectivity index (χ3n) is 2.02. The smallest absolute Gasteiger partial charge is 0.0698 e. The third-order valence-corrected chi connectivity index (χ3v) is 2.02. The van der Waals surface area contributed by atoms with Crippen LogP contribution >= 0.6 is 0 Å². The minimum absolute atomic E-state index is 0.0795. The molecule has 0 amide bonds. The molecule has 0 spiro atoms. The quantitative estimate of drug-likeness (QED) is 0.694.